The molecule has 0 spiro atoms. The van der Waals surface area contributed by atoms with Crippen molar-refractivity contribution in [1.29, 1.82) is 0 Å². The van der Waals surface area contributed by atoms with Crippen LogP contribution in [0, 0.1) is 5.92 Å². The summed E-state index contributed by atoms with van der Waals surface area (Å²) in [6.45, 7) is 4.98. The van der Waals surface area contributed by atoms with Gasteiger partial charge in [0.25, 0.3) is 0 Å². The lowest BCUT2D eigenvalue weighted by atomic mass is 10.2. The molecule has 0 radical (unpaired) electrons. The molecule has 5 nitrogen and oxygen atoms in total. The standard InChI is InChI=1S/C6H13N5/c1-5(2)4-11(7)6-3-8-10-9-6/h3,5H,4,7H2,1-2H3,(H,8,9,10). The average molecular weight is 155 g/mol. The number of hydrogen-bond donors (Lipinski definition) is 2. The van der Waals surface area contributed by atoms with Gasteiger partial charge in [-0.1, -0.05) is 13.8 Å². The Hall–Kier alpha value is -1.10. The van der Waals surface area contributed by atoms with E-state index in [-0.39, 0.29) is 0 Å². The van der Waals surface area contributed by atoms with Gasteiger partial charge < -0.3 is 0 Å². The van der Waals surface area contributed by atoms with Crippen LogP contribution < -0.4 is 10.9 Å². The number of rotatable bonds is 3. The molecule has 0 atom stereocenters. The highest BCUT2D eigenvalue weighted by molar-refractivity contribution is 5.30. The van der Waals surface area contributed by atoms with Crippen molar-refractivity contribution in [3.05, 3.63) is 6.20 Å². The van der Waals surface area contributed by atoms with Crippen LogP contribution in [0.3, 0.4) is 0 Å². The molecule has 0 saturated carbocycles. The summed E-state index contributed by atoms with van der Waals surface area (Å²) in [6, 6.07) is 0. The first-order valence-electron chi connectivity index (χ1n) is 3.58. The summed E-state index contributed by atoms with van der Waals surface area (Å²) >= 11 is 0. The van der Waals surface area contributed by atoms with Gasteiger partial charge in [0.2, 0.25) is 0 Å². The number of H-pyrrole nitrogens is 1. The van der Waals surface area contributed by atoms with Crippen LogP contribution in [0.1, 0.15) is 13.8 Å². The predicted octanol–water partition coefficient (Wildman–Crippen LogP) is 0.141. The van der Waals surface area contributed by atoms with Gasteiger partial charge in [0, 0.05) is 6.54 Å². The number of hydrazine groups is 1. The molecular weight excluding hydrogens is 142 g/mol. The Morgan fingerprint density at radius 3 is 2.91 bits per heavy atom. The Balaban J connectivity index is 2.49. The quantitative estimate of drug-likeness (QED) is 0.481. The zero-order valence-corrected chi connectivity index (χ0v) is 6.78. The first kappa shape index (κ1) is 8.00. The van der Waals surface area contributed by atoms with Crippen LogP contribution in [-0.2, 0) is 0 Å². The minimum atomic E-state index is 0.525. The fourth-order valence-corrected chi connectivity index (χ4v) is 0.821. The highest BCUT2D eigenvalue weighted by Gasteiger charge is 2.05. The van der Waals surface area contributed by atoms with E-state index in [4.69, 9.17) is 5.84 Å². The summed E-state index contributed by atoms with van der Waals surface area (Å²) in [5, 5.41) is 11.6. The first-order valence-corrected chi connectivity index (χ1v) is 3.58. The van der Waals surface area contributed by atoms with Gasteiger partial charge in [-0.25, -0.2) is 5.84 Å². The molecule has 62 valence electrons. The Morgan fingerprint density at radius 1 is 1.73 bits per heavy atom. The topological polar surface area (TPSA) is 70.8 Å². The van der Waals surface area contributed by atoms with E-state index in [1.165, 1.54) is 0 Å². The van der Waals surface area contributed by atoms with Crippen molar-refractivity contribution in [2.75, 3.05) is 11.6 Å². The zero-order valence-electron chi connectivity index (χ0n) is 6.78. The molecule has 0 aliphatic heterocycles. The van der Waals surface area contributed by atoms with Crippen LogP contribution in [0.25, 0.3) is 0 Å². The fraction of sp³-hybridized carbons (Fsp3) is 0.667. The molecule has 0 aliphatic carbocycles. The third-order valence-electron chi connectivity index (χ3n) is 1.26. The molecule has 1 aromatic heterocycles. The molecule has 0 aliphatic rings. The molecule has 0 saturated heterocycles. The van der Waals surface area contributed by atoms with Gasteiger partial charge in [-0.3, -0.25) is 5.01 Å². The Labute approximate surface area is 65.5 Å². The van der Waals surface area contributed by atoms with Crippen molar-refractivity contribution in [3.8, 4) is 0 Å². The molecule has 5 heteroatoms. The van der Waals surface area contributed by atoms with Crippen molar-refractivity contribution in [2.45, 2.75) is 13.8 Å². The highest BCUT2D eigenvalue weighted by atomic mass is 15.5. The van der Waals surface area contributed by atoms with Gasteiger partial charge in [0.05, 0.1) is 6.20 Å². The highest BCUT2D eigenvalue weighted by Crippen LogP contribution is 2.04. The maximum atomic E-state index is 5.65. The van der Waals surface area contributed by atoms with Gasteiger partial charge in [-0.2, -0.15) is 10.3 Å². The Kier molecular flexibility index (Phi) is 2.43. The third-order valence-corrected chi connectivity index (χ3v) is 1.26. The molecule has 0 fully saturated rings. The number of nitrogens with one attached hydrogen (secondary N) is 1. The molecule has 1 heterocycles. The van der Waals surface area contributed by atoms with Crippen LogP contribution in [0.15, 0.2) is 6.20 Å². The van der Waals surface area contributed by atoms with Gasteiger partial charge in [-0.05, 0) is 5.92 Å². The SMILES string of the molecule is CC(C)CN(N)c1cn[nH]n1. The van der Waals surface area contributed by atoms with Crippen LogP contribution in [0.2, 0.25) is 0 Å². The molecule has 1 aromatic rings. The van der Waals surface area contributed by atoms with Gasteiger partial charge in [0.1, 0.15) is 0 Å². The normalized spacial score (nSPS) is 10.5. The van der Waals surface area contributed by atoms with E-state index in [0.29, 0.717) is 11.7 Å². The number of aromatic amines is 1. The van der Waals surface area contributed by atoms with Crippen molar-refractivity contribution >= 4 is 5.82 Å². The Morgan fingerprint density at radius 2 is 2.45 bits per heavy atom. The van der Waals surface area contributed by atoms with E-state index in [9.17, 15) is 0 Å². The summed E-state index contributed by atoms with van der Waals surface area (Å²) in [7, 11) is 0. The summed E-state index contributed by atoms with van der Waals surface area (Å²) in [6.07, 6.45) is 1.60. The van der Waals surface area contributed by atoms with Crippen molar-refractivity contribution in [3.63, 3.8) is 0 Å². The summed E-state index contributed by atoms with van der Waals surface area (Å²) in [5.41, 5.74) is 0. The summed E-state index contributed by atoms with van der Waals surface area (Å²) in [5.74, 6) is 6.86. The molecule has 3 N–H and O–H groups in total. The van der Waals surface area contributed by atoms with Crippen molar-refractivity contribution in [1.82, 2.24) is 15.4 Å². The third kappa shape index (κ3) is 2.19. The molecule has 0 unspecified atom stereocenters. The molecule has 0 bridgehead atoms. The number of hydrogen-bond acceptors (Lipinski definition) is 4. The van der Waals surface area contributed by atoms with Crippen LogP contribution in [-0.4, -0.2) is 22.0 Å². The lowest BCUT2D eigenvalue weighted by Crippen LogP contribution is -2.34. The maximum Gasteiger partial charge on any atom is 0.184 e. The smallest absolute Gasteiger partial charge is 0.184 e. The van der Waals surface area contributed by atoms with Crippen molar-refractivity contribution in [2.24, 2.45) is 11.8 Å². The second kappa shape index (κ2) is 3.34. The van der Waals surface area contributed by atoms with Crippen LogP contribution >= 0.6 is 0 Å². The van der Waals surface area contributed by atoms with E-state index in [2.05, 4.69) is 29.3 Å². The van der Waals surface area contributed by atoms with E-state index < -0.39 is 0 Å². The first-order chi connectivity index (χ1) is 5.20. The van der Waals surface area contributed by atoms with Gasteiger partial charge >= 0.3 is 0 Å². The number of nitrogens with zero attached hydrogens (tertiary/aromatic N) is 3. The average Bonchev–Trinajstić information content (AvgIpc) is 2.35. The molecule has 1 rings (SSSR count). The fourth-order valence-electron chi connectivity index (χ4n) is 0.821. The van der Waals surface area contributed by atoms with Crippen LogP contribution in [0.4, 0.5) is 5.82 Å². The van der Waals surface area contributed by atoms with E-state index in [1.54, 1.807) is 11.2 Å². The van der Waals surface area contributed by atoms with Crippen LogP contribution in [0.5, 0.6) is 0 Å². The van der Waals surface area contributed by atoms with Gasteiger partial charge in [0.15, 0.2) is 5.82 Å². The molecule has 11 heavy (non-hydrogen) atoms. The van der Waals surface area contributed by atoms with Gasteiger partial charge in [-0.15, -0.1) is 5.10 Å². The molecule has 0 amide bonds. The summed E-state index contributed by atoms with van der Waals surface area (Å²) in [4.78, 5) is 0. The minimum absolute atomic E-state index is 0.525. The Bertz CT molecular complexity index is 193. The molecular formula is C6H13N5. The lowest BCUT2D eigenvalue weighted by molar-refractivity contribution is 0.616. The van der Waals surface area contributed by atoms with E-state index in [0.717, 1.165) is 6.54 Å². The monoisotopic (exact) mass is 155 g/mol. The van der Waals surface area contributed by atoms with E-state index in [1.807, 2.05) is 0 Å². The second-order valence-corrected chi connectivity index (χ2v) is 2.87. The predicted molar refractivity (Wildman–Crippen MR) is 42.8 cm³/mol. The van der Waals surface area contributed by atoms with E-state index >= 15 is 0 Å². The number of aromatic nitrogens is 3. The number of anilines is 1. The lowest BCUT2D eigenvalue weighted by Gasteiger charge is -2.16. The number of nitrogens with two attached hydrogens (primary N) is 1. The van der Waals surface area contributed by atoms with Crippen molar-refractivity contribution < 1.29 is 0 Å². The molecule has 0 aromatic carbocycles. The second-order valence-electron chi connectivity index (χ2n) is 2.87. The summed E-state index contributed by atoms with van der Waals surface area (Å²) < 4.78 is 0. The minimum Gasteiger partial charge on any atom is -0.292 e. The largest absolute Gasteiger partial charge is 0.292 e. The maximum absolute atomic E-state index is 5.65. The zero-order chi connectivity index (χ0) is 8.27.